The van der Waals surface area contributed by atoms with Crippen LogP contribution in [0.2, 0.25) is 0 Å². The van der Waals surface area contributed by atoms with Crippen molar-refractivity contribution >= 4 is 0 Å². The molecule has 0 aromatic heterocycles. The number of hydrogen-bond acceptors (Lipinski definition) is 4. The molecule has 0 amide bonds. The molecule has 116 valence electrons. The van der Waals surface area contributed by atoms with E-state index in [1.54, 1.807) is 0 Å². The van der Waals surface area contributed by atoms with Crippen molar-refractivity contribution < 1.29 is 20.4 Å². The first kappa shape index (κ1) is 16.1. The predicted molar refractivity (Wildman–Crippen MR) is 87.2 cm³/mol. The Balaban J connectivity index is 1.83. The van der Waals surface area contributed by atoms with Gasteiger partial charge in [-0.2, -0.15) is 0 Å². The molecule has 4 nitrogen and oxygen atoms in total. The molecule has 0 bridgehead atoms. The van der Waals surface area contributed by atoms with E-state index in [4.69, 9.17) is 0 Å². The average Bonchev–Trinajstić information content (AvgIpc) is 2.44. The summed E-state index contributed by atoms with van der Waals surface area (Å²) in [7, 11) is 0. The molecular weight excluding hydrogens is 292 g/mol. The summed E-state index contributed by atoms with van der Waals surface area (Å²) in [5.41, 5.74) is 1.12. The van der Waals surface area contributed by atoms with Crippen molar-refractivity contribution in [2.75, 3.05) is 0 Å². The molecule has 2 aromatic carbocycles. The number of hydrogen-bond donors (Lipinski definition) is 4. The average molecular weight is 308 g/mol. The second-order valence-corrected chi connectivity index (χ2v) is 4.93. The molecule has 0 radical (unpaired) electrons. The maximum absolute atomic E-state index is 9.33. The Hall–Kier alpha value is -3.24. The molecule has 0 heterocycles. The number of rotatable bonds is 2. The highest BCUT2D eigenvalue weighted by molar-refractivity contribution is 5.45. The SMILES string of the molecule is Oc1cc(O)cc(C#CCCCC#Cc2cc(O)cc(O)c2)c1. The molecule has 0 aliphatic heterocycles. The predicted octanol–water partition coefficient (Wildman–Crippen LogP) is 3.08. The standard InChI is InChI=1S/C19H16O4/c20-16-8-14(9-17(21)12-16)6-4-2-1-3-5-7-15-10-18(22)13-19(23)11-15/h8-13,20-23H,1-3H2. The first-order valence-corrected chi connectivity index (χ1v) is 7.07. The monoisotopic (exact) mass is 308 g/mol. The molecule has 0 spiro atoms. The van der Waals surface area contributed by atoms with Gasteiger partial charge in [0.05, 0.1) is 0 Å². The summed E-state index contributed by atoms with van der Waals surface area (Å²) in [6.07, 6.45) is 2.04. The van der Waals surface area contributed by atoms with E-state index in [9.17, 15) is 20.4 Å². The van der Waals surface area contributed by atoms with Crippen molar-refractivity contribution in [2.45, 2.75) is 19.3 Å². The number of phenols is 4. The summed E-state index contributed by atoms with van der Waals surface area (Å²) in [5, 5.41) is 37.3. The van der Waals surface area contributed by atoms with E-state index >= 15 is 0 Å². The fourth-order valence-electron chi connectivity index (χ4n) is 1.93. The van der Waals surface area contributed by atoms with Crippen LogP contribution in [0.25, 0.3) is 0 Å². The van der Waals surface area contributed by atoms with E-state index in [1.807, 2.05) is 0 Å². The van der Waals surface area contributed by atoms with Crippen LogP contribution in [-0.2, 0) is 0 Å². The highest BCUT2D eigenvalue weighted by Crippen LogP contribution is 2.20. The molecule has 23 heavy (non-hydrogen) atoms. The Bertz CT molecular complexity index is 707. The van der Waals surface area contributed by atoms with Crippen LogP contribution in [0.5, 0.6) is 23.0 Å². The Morgan fingerprint density at radius 1 is 0.565 bits per heavy atom. The Kier molecular flexibility index (Phi) is 5.39. The van der Waals surface area contributed by atoms with E-state index in [0.717, 1.165) is 6.42 Å². The molecule has 0 aliphatic rings. The van der Waals surface area contributed by atoms with Gasteiger partial charge >= 0.3 is 0 Å². The van der Waals surface area contributed by atoms with Crippen molar-refractivity contribution in [3.8, 4) is 46.7 Å². The number of unbranched alkanes of at least 4 members (excludes halogenated alkanes) is 2. The summed E-state index contributed by atoms with van der Waals surface area (Å²) in [5.74, 6) is 11.6. The van der Waals surface area contributed by atoms with Crippen LogP contribution in [0.15, 0.2) is 36.4 Å². The fourth-order valence-corrected chi connectivity index (χ4v) is 1.93. The highest BCUT2D eigenvalue weighted by atomic mass is 16.3. The van der Waals surface area contributed by atoms with Gasteiger partial charge < -0.3 is 20.4 Å². The van der Waals surface area contributed by atoms with Crippen LogP contribution in [0.3, 0.4) is 0 Å². The van der Waals surface area contributed by atoms with Crippen molar-refractivity contribution in [1.29, 1.82) is 0 Å². The molecule has 0 aliphatic carbocycles. The van der Waals surface area contributed by atoms with E-state index in [1.165, 1.54) is 36.4 Å². The minimum atomic E-state index is -0.0190. The second-order valence-electron chi connectivity index (χ2n) is 4.93. The van der Waals surface area contributed by atoms with Crippen LogP contribution in [0, 0.1) is 23.7 Å². The molecule has 4 heteroatoms. The van der Waals surface area contributed by atoms with Crippen LogP contribution < -0.4 is 0 Å². The Labute approximate surface area is 134 Å². The van der Waals surface area contributed by atoms with Gasteiger partial charge in [0, 0.05) is 36.1 Å². The van der Waals surface area contributed by atoms with Crippen molar-refractivity contribution in [1.82, 2.24) is 0 Å². The van der Waals surface area contributed by atoms with Gasteiger partial charge in [-0.25, -0.2) is 0 Å². The van der Waals surface area contributed by atoms with Gasteiger partial charge in [0.1, 0.15) is 23.0 Å². The zero-order valence-corrected chi connectivity index (χ0v) is 12.4. The van der Waals surface area contributed by atoms with E-state index in [0.29, 0.717) is 24.0 Å². The van der Waals surface area contributed by atoms with Gasteiger partial charge in [0.15, 0.2) is 0 Å². The maximum Gasteiger partial charge on any atom is 0.120 e. The van der Waals surface area contributed by atoms with Gasteiger partial charge in [0.25, 0.3) is 0 Å². The topological polar surface area (TPSA) is 80.9 Å². The molecular formula is C19H16O4. The Morgan fingerprint density at radius 3 is 1.26 bits per heavy atom. The summed E-state index contributed by atoms with van der Waals surface area (Å²) in [6.45, 7) is 0. The van der Waals surface area contributed by atoms with Crippen molar-refractivity contribution in [3.05, 3.63) is 47.5 Å². The lowest BCUT2D eigenvalue weighted by Gasteiger charge is -1.96. The van der Waals surface area contributed by atoms with Crippen LogP contribution in [0.1, 0.15) is 30.4 Å². The van der Waals surface area contributed by atoms with Gasteiger partial charge in [-0.3, -0.25) is 0 Å². The number of phenolic OH excluding ortho intramolecular Hbond substituents is 4. The van der Waals surface area contributed by atoms with E-state index < -0.39 is 0 Å². The molecule has 0 atom stereocenters. The molecule has 0 unspecified atom stereocenters. The smallest absolute Gasteiger partial charge is 0.120 e. The normalized spacial score (nSPS) is 9.39. The molecule has 2 rings (SSSR count). The lowest BCUT2D eigenvalue weighted by molar-refractivity contribution is 0.449. The summed E-state index contributed by atoms with van der Waals surface area (Å²) in [4.78, 5) is 0. The van der Waals surface area contributed by atoms with E-state index in [2.05, 4.69) is 23.7 Å². The third-order valence-electron chi connectivity index (χ3n) is 2.87. The van der Waals surface area contributed by atoms with Gasteiger partial charge in [-0.15, -0.1) is 0 Å². The van der Waals surface area contributed by atoms with Gasteiger partial charge in [-0.1, -0.05) is 23.7 Å². The molecule has 0 saturated heterocycles. The molecule has 0 fully saturated rings. The maximum atomic E-state index is 9.33. The molecule has 2 aromatic rings. The zero-order chi connectivity index (χ0) is 16.7. The van der Waals surface area contributed by atoms with Gasteiger partial charge in [0.2, 0.25) is 0 Å². The lowest BCUT2D eigenvalue weighted by atomic mass is 10.1. The van der Waals surface area contributed by atoms with Crippen molar-refractivity contribution in [2.24, 2.45) is 0 Å². The summed E-state index contributed by atoms with van der Waals surface area (Å²) in [6, 6.07) is 8.45. The van der Waals surface area contributed by atoms with Crippen LogP contribution in [0.4, 0.5) is 0 Å². The van der Waals surface area contributed by atoms with Crippen LogP contribution >= 0.6 is 0 Å². The summed E-state index contributed by atoms with van der Waals surface area (Å²) < 4.78 is 0. The quantitative estimate of drug-likeness (QED) is 0.508. The second kappa shape index (κ2) is 7.68. The summed E-state index contributed by atoms with van der Waals surface area (Å²) >= 11 is 0. The lowest BCUT2D eigenvalue weighted by Crippen LogP contribution is -1.77. The van der Waals surface area contributed by atoms with Crippen LogP contribution in [-0.4, -0.2) is 20.4 Å². The molecule has 4 N–H and O–H groups in total. The van der Waals surface area contributed by atoms with Crippen molar-refractivity contribution in [3.63, 3.8) is 0 Å². The molecule has 0 saturated carbocycles. The third-order valence-corrected chi connectivity index (χ3v) is 2.87. The first-order chi connectivity index (χ1) is 11.0. The van der Waals surface area contributed by atoms with E-state index in [-0.39, 0.29) is 23.0 Å². The number of aromatic hydroxyl groups is 4. The largest absolute Gasteiger partial charge is 0.508 e. The fraction of sp³-hybridized carbons (Fsp3) is 0.158. The van der Waals surface area contributed by atoms with Gasteiger partial charge in [-0.05, 0) is 30.7 Å². The highest BCUT2D eigenvalue weighted by Gasteiger charge is 1.96. The third kappa shape index (κ3) is 5.57. The number of benzene rings is 2. The minimum absolute atomic E-state index is 0.0190. The minimum Gasteiger partial charge on any atom is -0.508 e. The Morgan fingerprint density at radius 2 is 0.913 bits per heavy atom. The first-order valence-electron chi connectivity index (χ1n) is 7.07. The zero-order valence-electron chi connectivity index (χ0n) is 12.4.